The Labute approximate surface area is 124 Å². The van der Waals surface area contributed by atoms with Gasteiger partial charge in [-0.1, -0.05) is 17.7 Å². The van der Waals surface area contributed by atoms with E-state index < -0.39 is 10.0 Å². The lowest BCUT2D eigenvalue weighted by molar-refractivity contribution is 0.601. The number of anilines is 2. The second-order valence-corrected chi connectivity index (χ2v) is 6.48. The van der Waals surface area contributed by atoms with Gasteiger partial charge in [0.15, 0.2) is 5.82 Å². The summed E-state index contributed by atoms with van der Waals surface area (Å²) in [6, 6.07) is 7.84. The SMILES string of the molecule is Nc1cccc(Cl)c1S(=O)(=O)Nc1ncccc1Br. The zero-order valence-electron chi connectivity index (χ0n) is 9.47. The standard InChI is InChI=1S/C11H9BrClN3O2S/c12-7-3-2-6-15-11(7)16-19(17,18)10-8(13)4-1-5-9(10)14/h1-6H,14H2,(H,15,16). The summed E-state index contributed by atoms with van der Waals surface area (Å²) in [5, 5.41) is 0.0551. The Morgan fingerprint density at radius 1 is 1.26 bits per heavy atom. The number of rotatable bonds is 3. The van der Waals surface area contributed by atoms with Crippen LogP contribution in [0.2, 0.25) is 5.02 Å². The fourth-order valence-corrected chi connectivity index (χ4v) is 3.64. The van der Waals surface area contributed by atoms with E-state index in [0.717, 1.165) is 0 Å². The third kappa shape index (κ3) is 2.99. The summed E-state index contributed by atoms with van der Waals surface area (Å²) in [5.74, 6) is 0.168. The van der Waals surface area contributed by atoms with E-state index in [1.807, 2.05) is 0 Å². The average Bonchev–Trinajstić information content (AvgIpc) is 2.31. The summed E-state index contributed by atoms with van der Waals surface area (Å²) < 4.78 is 27.4. The number of pyridine rings is 1. The molecule has 0 aliphatic rings. The minimum atomic E-state index is -3.90. The van der Waals surface area contributed by atoms with Gasteiger partial charge in [-0.2, -0.15) is 0 Å². The van der Waals surface area contributed by atoms with Crippen LogP contribution in [0.15, 0.2) is 45.9 Å². The third-order valence-electron chi connectivity index (χ3n) is 2.26. The predicted molar refractivity (Wildman–Crippen MR) is 78.6 cm³/mol. The molecule has 0 spiro atoms. The minimum Gasteiger partial charge on any atom is -0.398 e. The van der Waals surface area contributed by atoms with Crippen molar-refractivity contribution in [2.75, 3.05) is 10.5 Å². The van der Waals surface area contributed by atoms with Crippen molar-refractivity contribution < 1.29 is 8.42 Å². The van der Waals surface area contributed by atoms with Gasteiger partial charge in [0.25, 0.3) is 10.0 Å². The molecule has 5 nitrogen and oxygen atoms in total. The van der Waals surface area contributed by atoms with Crippen molar-refractivity contribution >= 4 is 49.1 Å². The molecule has 0 unspecified atom stereocenters. The van der Waals surface area contributed by atoms with Gasteiger partial charge in [-0.15, -0.1) is 0 Å². The lowest BCUT2D eigenvalue weighted by atomic mass is 10.3. The number of hydrogen-bond donors (Lipinski definition) is 2. The van der Waals surface area contributed by atoms with Crippen molar-refractivity contribution in [3.8, 4) is 0 Å². The Morgan fingerprint density at radius 2 is 2.00 bits per heavy atom. The molecule has 0 bridgehead atoms. The molecule has 0 saturated heterocycles. The lowest BCUT2D eigenvalue weighted by Crippen LogP contribution is -2.16. The number of nitrogens with one attached hydrogen (secondary N) is 1. The smallest absolute Gasteiger partial charge is 0.266 e. The highest BCUT2D eigenvalue weighted by atomic mass is 79.9. The number of hydrogen-bond acceptors (Lipinski definition) is 4. The maximum absolute atomic E-state index is 12.3. The lowest BCUT2D eigenvalue weighted by Gasteiger charge is -2.11. The Kier molecular flexibility index (Phi) is 3.98. The van der Waals surface area contributed by atoms with E-state index in [0.29, 0.717) is 4.47 Å². The van der Waals surface area contributed by atoms with Gasteiger partial charge >= 0.3 is 0 Å². The number of sulfonamides is 1. The summed E-state index contributed by atoms with van der Waals surface area (Å²) in [6.45, 7) is 0. The van der Waals surface area contributed by atoms with E-state index in [2.05, 4.69) is 25.6 Å². The fraction of sp³-hybridized carbons (Fsp3) is 0. The largest absolute Gasteiger partial charge is 0.398 e. The van der Waals surface area contributed by atoms with Crippen molar-refractivity contribution in [3.05, 3.63) is 46.0 Å². The Balaban J connectivity index is 2.47. The van der Waals surface area contributed by atoms with Crippen molar-refractivity contribution in [3.63, 3.8) is 0 Å². The number of halogens is 2. The molecule has 1 heterocycles. The first-order valence-corrected chi connectivity index (χ1v) is 7.74. The van der Waals surface area contributed by atoms with Crippen LogP contribution >= 0.6 is 27.5 Å². The molecule has 19 heavy (non-hydrogen) atoms. The predicted octanol–water partition coefficient (Wildman–Crippen LogP) is 2.88. The van der Waals surface area contributed by atoms with Crippen molar-refractivity contribution in [1.82, 2.24) is 4.98 Å². The number of nitrogens with zero attached hydrogens (tertiary/aromatic N) is 1. The van der Waals surface area contributed by atoms with Crippen molar-refractivity contribution in [1.29, 1.82) is 0 Å². The van der Waals surface area contributed by atoms with Crippen molar-refractivity contribution in [2.24, 2.45) is 0 Å². The van der Waals surface area contributed by atoms with Crippen LogP contribution < -0.4 is 10.5 Å². The molecule has 0 amide bonds. The minimum absolute atomic E-state index is 0.0551. The molecule has 0 aliphatic carbocycles. The van der Waals surface area contributed by atoms with E-state index in [9.17, 15) is 8.42 Å². The van der Waals surface area contributed by atoms with Crippen LogP contribution in [0.3, 0.4) is 0 Å². The Hall–Kier alpha value is -1.31. The molecule has 2 aromatic rings. The van der Waals surface area contributed by atoms with E-state index in [4.69, 9.17) is 17.3 Å². The molecule has 0 radical (unpaired) electrons. The van der Waals surface area contributed by atoms with E-state index in [1.165, 1.54) is 18.3 Å². The number of benzene rings is 1. The fourth-order valence-electron chi connectivity index (χ4n) is 1.45. The van der Waals surface area contributed by atoms with Gasteiger partial charge in [-0.25, -0.2) is 13.4 Å². The summed E-state index contributed by atoms with van der Waals surface area (Å²) in [4.78, 5) is 3.77. The molecule has 0 saturated carbocycles. The molecule has 0 aliphatic heterocycles. The number of nitrogen functional groups attached to an aromatic ring is 1. The first kappa shape index (κ1) is 14.1. The highest BCUT2D eigenvalue weighted by molar-refractivity contribution is 9.10. The van der Waals surface area contributed by atoms with E-state index >= 15 is 0 Å². The monoisotopic (exact) mass is 361 g/mol. The van der Waals surface area contributed by atoms with Gasteiger partial charge < -0.3 is 5.73 Å². The van der Waals surface area contributed by atoms with Gasteiger partial charge in [-0.05, 0) is 40.2 Å². The molecule has 8 heteroatoms. The second kappa shape index (κ2) is 5.36. The number of nitrogens with two attached hydrogens (primary N) is 1. The van der Waals surface area contributed by atoms with Crippen LogP contribution in [0, 0.1) is 0 Å². The van der Waals surface area contributed by atoms with E-state index in [-0.39, 0.29) is 21.4 Å². The van der Waals surface area contributed by atoms with Crippen molar-refractivity contribution in [2.45, 2.75) is 4.90 Å². The molecule has 1 aromatic carbocycles. The topological polar surface area (TPSA) is 85.1 Å². The molecular formula is C11H9BrClN3O2S. The average molecular weight is 363 g/mol. The van der Waals surface area contributed by atoms with Crippen LogP contribution in [0.4, 0.5) is 11.5 Å². The highest BCUT2D eigenvalue weighted by Crippen LogP contribution is 2.30. The van der Waals surface area contributed by atoms with Crippen LogP contribution in [0.25, 0.3) is 0 Å². The van der Waals surface area contributed by atoms with Gasteiger partial charge in [0.2, 0.25) is 0 Å². The summed E-state index contributed by atoms with van der Waals surface area (Å²) in [5.41, 5.74) is 5.74. The molecule has 100 valence electrons. The molecule has 0 fully saturated rings. The molecule has 1 aromatic heterocycles. The molecule has 2 rings (SSSR count). The third-order valence-corrected chi connectivity index (χ3v) is 4.78. The Bertz CT molecular complexity index is 701. The first-order valence-electron chi connectivity index (χ1n) is 5.09. The van der Waals surface area contributed by atoms with Gasteiger partial charge in [-0.3, -0.25) is 4.72 Å². The van der Waals surface area contributed by atoms with Crippen LogP contribution in [0.1, 0.15) is 0 Å². The molecule has 0 atom stereocenters. The van der Waals surface area contributed by atoms with Gasteiger partial charge in [0.05, 0.1) is 15.2 Å². The van der Waals surface area contributed by atoms with Gasteiger partial charge in [0, 0.05) is 6.20 Å². The first-order chi connectivity index (χ1) is 8.92. The van der Waals surface area contributed by atoms with Crippen LogP contribution in [0.5, 0.6) is 0 Å². The summed E-state index contributed by atoms with van der Waals surface area (Å²) in [6.07, 6.45) is 1.47. The van der Waals surface area contributed by atoms with Crippen LogP contribution in [-0.2, 0) is 10.0 Å². The quantitative estimate of drug-likeness (QED) is 0.822. The maximum Gasteiger partial charge on any atom is 0.266 e. The maximum atomic E-state index is 12.3. The van der Waals surface area contributed by atoms with Gasteiger partial charge in [0.1, 0.15) is 4.90 Å². The van der Waals surface area contributed by atoms with E-state index in [1.54, 1.807) is 18.2 Å². The number of aromatic nitrogens is 1. The zero-order valence-corrected chi connectivity index (χ0v) is 12.6. The molecule has 3 N–H and O–H groups in total. The molecular weight excluding hydrogens is 354 g/mol. The summed E-state index contributed by atoms with van der Waals surface area (Å²) in [7, 11) is -3.90. The normalized spacial score (nSPS) is 11.3. The summed E-state index contributed by atoms with van der Waals surface area (Å²) >= 11 is 9.09. The Morgan fingerprint density at radius 3 is 2.63 bits per heavy atom. The van der Waals surface area contributed by atoms with Crippen LogP contribution in [-0.4, -0.2) is 13.4 Å². The highest BCUT2D eigenvalue weighted by Gasteiger charge is 2.22. The zero-order chi connectivity index (χ0) is 14.0. The second-order valence-electron chi connectivity index (χ2n) is 3.60.